The molecule has 0 radical (unpaired) electrons. The number of guanidine groups is 1. The Kier molecular flexibility index (Phi) is 6.40. The van der Waals surface area contributed by atoms with Gasteiger partial charge in [-0.3, -0.25) is 9.67 Å². The number of nitrogens with one attached hydrogen (secondary N) is 2. The highest BCUT2D eigenvalue weighted by Crippen LogP contribution is 2.16. The minimum atomic E-state index is -0.360. The van der Waals surface area contributed by atoms with Crippen LogP contribution in [0.2, 0.25) is 0 Å². The van der Waals surface area contributed by atoms with Crippen LogP contribution in [0, 0.1) is 5.82 Å². The van der Waals surface area contributed by atoms with Gasteiger partial charge >= 0.3 is 0 Å². The van der Waals surface area contributed by atoms with Crippen LogP contribution in [0.4, 0.5) is 4.39 Å². The van der Waals surface area contributed by atoms with Crippen molar-refractivity contribution in [2.24, 2.45) is 4.99 Å². The molecule has 0 bridgehead atoms. The van der Waals surface area contributed by atoms with E-state index in [1.165, 1.54) is 6.07 Å². The zero-order chi connectivity index (χ0) is 16.5. The molecule has 0 saturated heterocycles. The van der Waals surface area contributed by atoms with Crippen molar-refractivity contribution in [3.05, 3.63) is 48.5 Å². The molecule has 6 nitrogen and oxygen atoms in total. The second-order valence-corrected chi connectivity index (χ2v) is 5.01. The first-order valence-electron chi connectivity index (χ1n) is 7.52. The second kappa shape index (κ2) is 8.77. The zero-order valence-electron chi connectivity index (χ0n) is 13.4. The number of nitrogens with zero attached hydrogens (tertiary/aromatic N) is 3. The minimum absolute atomic E-state index is 0.198. The SMILES string of the molecule is CN=C(NCCn1cccn1)NCC(C)Oc1ccccc1F. The number of aromatic nitrogens is 2. The largest absolute Gasteiger partial charge is 0.486 e. The van der Waals surface area contributed by atoms with Crippen LogP contribution in [0.15, 0.2) is 47.7 Å². The zero-order valence-corrected chi connectivity index (χ0v) is 13.4. The number of hydrogen-bond acceptors (Lipinski definition) is 3. The molecule has 0 fully saturated rings. The predicted octanol–water partition coefficient (Wildman–Crippen LogP) is 1.65. The van der Waals surface area contributed by atoms with Crippen LogP contribution in [-0.4, -0.2) is 42.0 Å². The molecule has 124 valence electrons. The molecule has 1 atom stereocenters. The molecule has 0 aliphatic rings. The third kappa shape index (κ3) is 5.61. The topological polar surface area (TPSA) is 63.5 Å². The fraction of sp³-hybridized carbons (Fsp3) is 0.375. The summed E-state index contributed by atoms with van der Waals surface area (Å²) < 4.78 is 20.9. The predicted molar refractivity (Wildman–Crippen MR) is 88.1 cm³/mol. The van der Waals surface area contributed by atoms with E-state index in [2.05, 4.69) is 20.7 Å². The van der Waals surface area contributed by atoms with E-state index in [9.17, 15) is 4.39 Å². The molecule has 0 aliphatic carbocycles. The van der Waals surface area contributed by atoms with Crippen LogP contribution in [0.25, 0.3) is 0 Å². The summed E-state index contributed by atoms with van der Waals surface area (Å²) in [6, 6.07) is 8.26. The average molecular weight is 319 g/mol. The van der Waals surface area contributed by atoms with Crippen LogP contribution >= 0.6 is 0 Å². The smallest absolute Gasteiger partial charge is 0.191 e. The fourth-order valence-corrected chi connectivity index (χ4v) is 1.98. The molecule has 0 aliphatic heterocycles. The van der Waals surface area contributed by atoms with Gasteiger partial charge in [0, 0.05) is 26.0 Å². The molecule has 2 N–H and O–H groups in total. The summed E-state index contributed by atoms with van der Waals surface area (Å²) in [6.45, 7) is 3.82. The van der Waals surface area contributed by atoms with Crippen LogP contribution < -0.4 is 15.4 Å². The van der Waals surface area contributed by atoms with Crippen LogP contribution in [0.5, 0.6) is 5.75 Å². The number of halogens is 1. The quantitative estimate of drug-likeness (QED) is 0.602. The molecule has 0 spiro atoms. The third-order valence-electron chi connectivity index (χ3n) is 3.14. The first-order valence-corrected chi connectivity index (χ1v) is 7.52. The summed E-state index contributed by atoms with van der Waals surface area (Å²) >= 11 is 0. The third-order valence-corrected chi connectivity index (χ3v) is 3.14. The summed E-state index contributed by atoms with van der Waals surface area (Å²) in [4.78, 5) is 4.14. The Hall–Kier alpha value is -2.57. The van der Waals surface area contributed by atoms with E-state index < -0.39 is 0 Å². The summed E-state index contributed by atoms with van der Waals surface area (Å²) in [5.41, 5.74) is 0. The van der Waals surface area contributed by atoms with Gasteiger partial charge in [0.25, 0.3) is 0 Å². The van der Waals surface area contributed by atoms with Gasteiger partial charge in [0.1, 0.15) is 6.10 Å². The highest BCUT2D eigenvalue weighted by Gasteiger charge is 2.08. The molecule has 0 saturated carbocycles. The second-order valence-electron chi connectivity index (χ2n) is 5.01. The normalized spacial score (nSPS) is 12.7. The summed E-state index contributed by atoms with van der Waals surface area (Å²) in [5, 5.41) is 10.5. The monoisotopic (exact) mass is 319 g/mol. The lowest BCUT2D eigenvalue weighted by atomic mass is 10.3. The molecule has 1 aromatic carbocycles. The maximum absolute atomic E-state index is 13.5. The van der Waals surface area contributed by atoms with E-state index in [1.54, 1.807) is 31.4 Å². The van der Waals surface area contributed by atoms with Gasteiger partial charge in [-0.15, -0.1) is 0 Å². The highest BCUT2D eigenvalue weighted by molar-refractivity contribution is 5.79. The standard InChI is InChI=1S/C16H22FN5O/c1-13(23-15-7-4-3-6-14(15)17)12-20-16(18-2)19-9-11-22-10-5-8-21-22/h3-8,10,13H,9,11-12H2,1-2H3,(H2,18,19,20). The van der Waals surface area contributed by atoms with Crippen molar-refractivity contribution < 1.29 is 9.13 Å². The van der Waals surface area contributed by atoms with Gasteiger partial charge in [0.15, 0.2) is 17.5 Å². The Morgan fingerprint density at radius 1 is 1.35 bits per heavy atom. The van der Waals surface area contributed by atoms with Crippen molar-refractivity contribution in [3.8, 4) is 5.75 Å². The Bertz CT molecular complexity index is 615. The molecular formula is C16H22FN5O. The molecule has 23 heavy (non-hydrogen) atoms. The van der Waals surface area contributed by atoms with Crippen LogP contribution in [0.1, 0.15) is 6.92 Å². The number of benzene rings is 1. The molecule has 1 unspecified atom stereocenters. The maximum Gasteiger partial charge on any atom is 0.191 e. The van der Waals surface area contributed by atoms with Gasteiger partial charge in [0.05, 0.1) is 13.1 Å². The molecule has 2 rings (SSSR count). The number of para-hydroxylation sites is 1. The molecule has 1 heterocycles. The number of hydrogen-bond donors (Lipinski definition) is 2. The number of ether oxygens (including phenoxy) is 1. The minimum Gasteiger partial charge on any atom is -0.486 e. The van der Waals surface area contributed by atoms with Crippen LogP contribution in [-0.2, 0) is 6.54 Å². The van der Waals surface area contributed by atoms with E-state index in [0.29, 0.717) is 19.0 Å². The molecule has 0 amide bonds. The molecular weight excluding hydrogens is 297 g/mol. The Morgan fingerprint density at radius 2 is 2.17 bits per heavy atom. The number of aliphatic imine (C=N–C) groups is 1. The van der Waals surface area contributed by atoms with Crippen molar-refractivity contribution in [2.75, 3.05) is 20.1 Å². The summed E-state index contributed by atoms with van der Waals surface area (Å²) in [7, 11) is 1.70. The number of rotatable bonds is 7. The van der Waals surface area contributed by atoms with E-state index >= 15 is 0 Å². The maximum atomic E-state index is 13.5. The average Bonchev–Trinajstić information content (AvgIpc) is 3.06. The molecule has 7 heteroatoms. The van der Waals surface area contributed by atoms with Crippen molar-refractivity contribution in [3.63, 3.8) is 0 Å². The van der Waals surface area contributed by atoms with Crippen molar-refractivity contribution >= 4 is 5.96 Å². The molecule has 1 aromatic heterocycles. The van der Waals surface area contributed by atoms with E-state index in [-0.39, 0.29) is 17.7 Å². The van der Waals surface area contributed by atoms with Gasteiger partial charge in [0.2, 0.25) is 0 Å². The first-order chi connectivity index (χ1) is 11.2. The van der Waals surface area contributed by atoms with Gasteiger partial charge in [-0.25, -0.2) is 4.39 Å². The fourth-order valence-electron chi connectivity index (χ4n) is 1.98. The van der Waals surface area contributed by atoms with Gasteiger partial charge in [-0.2, -0.15) is 5.10 Å². The van der Waals surface area contributed by atoms with Crippen LogP contribution in [0.3, 0.4) is 0 Å². The van der Waals surface area contributed by atoms with Gasteiger partial charge < -0.3 is 15.4 Å². The lowest BCUT2D eigenvalue weighted by Gasteiger charge is -2.18. The lowest BCUT2D eigenvalue weighted by molar-refractivity contribution is 0.214. The van der Waals surface area contributed by atoms with E-state index in [1.807, 2.05) is 23.9 Å². The lowest BCUT2D eigenvalue weighted by Crippen LogP contribution is -2.42. The highest BCUT2D eigenvalue weighted by atomic mass is 19.1. The Labute approximate surface area is 135 Å². The van der Waals surface area contributed by atoms with Gasteiger partial charge in [-0.1, -0.05) is 12.1 Å². The van der Waals surface area contributed by atoms with Gasteiger partial charge in [-0.05, 0) is 25.1 Å². The first kappa shape index (κ1) is 16.8. The van der Waals surface area contributed by atoms with Crippen molar-refractivity contribution in [1.29, 1.82) is 0 Å². The Morgan fingerprint density at radius 3 is 2.87 bits per heavy atom. The summed E-state index contributed by atoms with van der Waals surface area (Å²) in [5.74, 6) is 0.561. The van der Waals surface area contributed by atoms with E-state index in [0.717, 1.165) is 6.54 Å². The van der Waals surface area contributed by atoms with Crippen molar-refractivity contribution in [1.82, 2.24) is 20.4 Å². The van der Waals surface area contributed by atoms with Crippen molar-refractivity contribution in [2.45, 2.75) is 19.6 Å². The molecule has 2 aromatic rings. The van der Waals surface area contributed by atoms with E-state index in [4.69, 9.17) is 4.74 Å². The Balaban J connectivity index is 1.71. The summed E-state index contributed by atoms with van der Waals surface area (Å²) in [6.07, 6.45) is 3.45.